The van der Waals surface area contributed by atoms with E-state index in [0.29, 0.717) is 11.4 Å². The maximum atomic E-state index is 12.0. The van der Waals surface area contributed by atoms with Gasteiger partial charge in [0.2, 0.25) is 0 Å². The van der Waals surface area contributed by atoms with Crippen LogP contribution in [0.5, 0.6) is 5.75 Å². The van der Waals surface area contributed by atoms with Crippen LogP contribution in [0.3, 0.4) is 0 Å². The molecule has 0 saturated heterocycles. The summed E-state index contributed by atoms with van der Waals surface area (Å²) in [4.78, 5) is 15.9. The fourth-order valence-electron chi connectivity index (χ4n) is 1.64. The second-order valence-corrected chi connectivity index (χ2v) is 3.86. The number of aromatic nitrogens is 1. The Balaban J connectivity index is 2.12. The monoisotopic (exact) mass is 258 g/mol. The second kappa shape index (κ2) is 5.86. The fraction of sp³-hybridized carbons (Fsp3) is 0.143. The molecule has 0 aliphatic heterocycles. The van der Waals surface area contributed by atoms with Crippen LogP contribution < -0.4 is 10.5 Å². The Morgan fingerprint density at radius 2 is 2.00 bits per heavy atom. The van der Waals surface area contributed by atoms with Crippen LogP contribution in [0.1, 0.15) is 15.9 Å². The van der Waals surface area contributed by atoms with Crippen LogP contribution in [0, 0.1) is 0 Å². The van der Waals surface area contributed by atoms with Crippen LogP contribution in [0.2, 0.25) is 0 Å². The minimum atomic E-state index is -0.508. The van der Waals surface area contributed by atoms with E-state index in [9.17, 15) is 4.79 Å². The molecule has 0 fully saturated rings. The van der Waals surface area contributed by atoms with Crippen LogP contribution in [0.4, 0.5) is 5.69 Å². The summed E-state index contributed by atoms with van der Waals surface area (Å²) in [5, 5.41) is 0. The van der Waals surface area contributed by atoms with Crippen molar-refractivity contribution in [1.82, 2.24) is 4.98 Å². The van der Waals surface area contributed by atoms with Crippen LogP contribution >= 0.6 is 0 Å². The van der Waals surface area contributed by atoms with Crippen molar-refractivity contribution in [3.63, 3.8) is 0 Å². The number of nitrogen functional groups attached to an aromatic ring is 1. The van der Waals surface area contributed by atoms with Gasteiger partial charge in [0.25, 0.3) is 0 Å². The molecule has 0 atom stereocenters. The van der Waals surface area contributed by atoms with Gasteiger partial charge in [-0.3, -0.25) is 4.98 Å². The summed E-state index contributed by atoms with van der Waals surface area (Å²) in [7, 11) is 1.48. The Kier molecular flexibility index (Phi) is 3.97. The Morgan fingerprint density at radius 1 is 1.26 bits per heavy atom. The zero-order valence-electron chi connectivity index (χ0n) is 10.5. The van der Waals surface area contributed by atoms with Gasteiger partial charge in [0, 0.05) is 18.1 Å². The third kappa shape index (κ3) is 3.01. The minimum absolute atomic E-state index is 0.166. The first-order valence-electron chi connectivity index (χ1n) is 5.71. The third-order valence-electron chi connectivity index (χ3n) is 2.60. The lowest BCUT2D eigenvalue weighted by Gasteiger charge is -2.10. The molecule has 0 unspecified atom stereocenters. The van der Waals surface area contributed by atoms with E-state index >= 15 is 0 Å². The van der Waals surface area contributed by atoms with Gasteiger partial charge >= 0.3 is 5.97 Å². The number of benzene rings is 1. The number of pyridine rings is 1. The highest BCUT2D eigenvalue weighted by atomic mass is 16.5. The SMILES string of the molecule is COc1cccc(N)c1C(=O)OCc1ccncc1. The van der Waals surface area contributed by atoms with E-state index in [1.165, 1.54) is 7.11 Å². The van der Waals surface area contributed by atoms with Crippen LogP contribution in [-0.2, 0) is 11.3 Å². The van der Waals surface area contributed by atoms with E-state index in [1.807, 2.05) is 0 Å². The number of hydrogen-bond acceptors (Lipinski definition) is 5. The molecule has 19 heavy (non-hydrogen) atoms. The lowest BCUT2D eigenvalue weighted by atomic mass is 10.1. The number of methoxy groups -OCH3 is 1. The average Bonchev–Trinajstić information content (AvgIpc) is 2.45. The molecule has 0 aliphatic carbocycles. The van der Waals surface area contributed by atoms with Crippen molar-refractivity contribution in [3.05, 3.63) is 53.9 Å². The Hall–Kier alpha value is -2.56. The molecule has 5 heteroatoms. The van der Waals surface area contributed by atoms with Gasteiger partial charge < -0.3 is 15.2 Å². The summed E-state index contributed by atoms with van der Waals surface area (Å²) in [6, 6.07) is 8.57. The van der Waals surface area contributed by atoms with Gasteiger partial charge in [-0.15, -0.1) is 0 Å². The highest BCUT2D eigenvalue weighted by molar-refractivity contribution is 5.98. The summed E-state index contributed by atoms with van der Waals surface area (Å²) in [6.45, 7) is 0.166. The van der Waals surface area contributed by atoms with E-state index in [4.69, 9.17) is 15.2 Å². The van der Waals surface area contributed by atoms with Crippen molar-refractivity contribution in [3.8, 4) is 5.75 Å². The Bertz CT molecular complexity index is 570. The van der Waals surface area contributed by atoms with Crippen molar-refractivity contribution in [2.75, 3.05) is 12.8 Å². The number of nitrogens with zero attached hydrogens (tertiary/aromatic N) is 1. The first-order chi connectivity index (χ1) is 9.22. The maximum Gasteiger partial charge on any atom is 0.344 e. The fourth-order valence-corrected chi connectivity index (χ4v) is 1.64. The first kappa shape index (κ1) is 12.9. The van der Waals surface area contributed by atoms with Crippen molar-refractivity contribution >= 4 is 11.7 Å². The zero-order valence-corrected chi connectivity index (χ0v) is 10.5. The normalized spacial score (nSPS) is 9.95. The van der Waals surface area contributed by atoms with Crippen LogP contribution in [0.15, 0.2) is 42.7 Å². The van der Waals surface area contributed by atoms with E-state index < -0.39 is 5.97 Å². The number of esters is 1. The van der Waals surface area contributed by atoms with Gasteiger partial charge in [0.15, 0.2) is 0 Å². The topological polar surface area (TPSA) is 74.4 Å². The largest absolute Gasteiger partial charge is 0.496 e. The smallest absolute Gasteiger partial charge is 0.344 e. The number of hydrogen-bond donors (Lipinski definition) is 1. The minimum Gasteiger partial charge on any atom is -0.496 e. The number of carbonyl (C=O) groups is 1. The Labute approximate surface area is 111 Å². The lowest BCUT2D eigenvalue weighted by Crippen LogP contribution is -2.10. The highest BCUT2D eigenvalue weighted by Crippen LogP contribution is 2.25. The molecule has 0 spiro atoms. The molecule has 5 nitrogen and oxygen atoms in total. The molecule has 2 N–H and O–H groups in total. The summed E-state index contributed by atoms with van der Waals surface area (Å²) in [5.41, 5.74) is 7.22. The third-order valence-corrected chi connectivity index (χ3v) is 2.60. The molecule has 98 valence electrons. The molecule has 0 radical (unpaired) electrons. The summed E-state index contributed by atoms with van der Waals surface area (Å²) < 4.78 is 10.3. The molecule has 0 aliphatic rings. The van der Waals surface area contributed by atoms with Gasteiger partial charge in [0.05, 0.1) is 7.11 Å². The summed E-state index contributed by atoms with van der Waals surface area (Å²) in [5.74, 6) is -0.105. The number of nitrogens with two attached hydrogens (primary N) is 1. The lowest BCUT2D eigenvalue weighted by molar-refractivity contribution is 0.0470. The van der Waals surface area contributed by atoms with Crippen molar-refractivity contribution in [1.29, 1.82) is 0 Å². The van der Waals surface area contributed by atoms with E-state index in [0.717, 1.165) is 5.56 Å². The van der Waals surface area contributed by atoms with E-state index in [2.05, 4.69) is 4.98 Å². The number of anilines is 1. The molecule has 0 amide bonds. The standard InChI is InChI=1S/C14H14N2O3/c1-18-12-4-2-3-11(15)13(12)14(17)19-9-10-5-7-16-8-6-10/h2-8H,9,15H2,1H3. The second-order valence-electron chi connectivity index (χ2n) is 3.86. The molecular formula is C14H14N2O3. The van der Waals surface area contributed by atoms with Gasteiger partial charge in [-0.2, -0.15) is 0 Å². The average molecular weight is 258 g/mol. The predicted molar refractivity (Wildman–Crippen MR) is 70.8 cm³/mol. The number of carbonyl (C=O) groups excluding carboxylic acids is 1. The molecule has 0 saturated carbocycles. The highest BCUT2D eigenvalue weighted by Gasteiger charge is 2.17. The molecule has 1 heterocycles. The van der Waals surface area contributed by atoms with Crippen molar-refractivity contribution < 1.29 is 14.3 Å². The van der Waals surface area contributed by atoms with E-state index in [-0.39, 0.29) is 12.2 Å². The molecule has 2 rings (SSSR count). The molecule has 2 aromatic rings. The Morgan fingerprint density at radius 3 is 2.68 bits per heavy atom. The summed E-state index contributed by atoms with van der Waals surface area (Å²) in [6.07, 6.45) is 3.28. The van der Waals surface area contributed by atoms with Crippen LogP contribution in [-0.4, -0.2) is 18.1 Å². The molecule has 0 bridgehead atoms. The van der Waals surface area contributed by atoms with E-state index in [1.54, 1.807) is 42.7 Å². The zero-order chi connectivity index (χ0) is 13.7. The van der Waals surface area contributed by atoms with Gasteiger partial charge in [-0.1, -0.05) is 6.07 Å². The van der Waals surface area contributed by atoms with Crippen LogP contribution in [0.25, 0.3) is 0 Å². The van der Waals surface area contributed by atoms with Gasteiger partial charge in [0.1, 0.15) is 17.9 Å². The number of ether oxygens (including phenoxy) is 2. The van der Waals surface area contributed by atoms with Gasteiger partial charge in [-0.25, -0.2) is 4.79 Å². The maximum absolute atomic E-state index is 12.0. The summed E-state index contributed by atoms with van der Waals surface area (Å²) >= 11 is 0. The van der Waals surface area contributed by atoms with Crippen molar-refractivity contribution in [2.45, 2.75) is 6.61 Å². The molecule has 1 aromatic heterocycles. The predicted octanol–water partition coefficient (Wildman–Crippen LogP) is 2.03. The number of rotatable bonds is 4. The molecule has 1 aromatic carbocycles. The van der Waals surface area contributed by atoms with Gasteiger partial charge in [-0.05, 0) is 29.8 Å². The van der Waals surface area contributed by atoms with Crippen molar-refractivity contribution in [2.24, 2.45) is 0 Å². The quantitative estimate of drug-likeness (QED) is 0.671. The molecular weight excluding hydrogens is 244 g/mol. The first-order valence-corrected chi connectivity index (χ1v) is 5.71.